The molecular formula is C33H30F3N7O2. The van der Waals surface area contributed by atoms with E-state index < -0.39 is 17.6 Å². The van der Waals surface area contributed by atoms with E-state index in [0.717, 1.165) is 41.8 Å². The van der Waals surface area contributed by atoms with Crippen molar-refractivity contribution in [2.75, 3.05) is 24.5 Å². The van der Waals surface area contributed by atoms with E-state index in [1.54, 1.807) is 10.9 Å². The molecule has 3 aromatic carbocycles. The summed E-state index contributed by atoms with van der Waals surface area (Å²) < 4.78 is 48.2. The monoisotopic (exact) mass is 613 g/mol. The molecule has 0 atom stereocenters. The lowest BCUT2D eigenvalue weighted by atomic mass is 9.97. The molecule has 1 N–H and O–H groups in total. The van der Waals surface area contributed by atoms with Gasteiger partial charge in [0.15, 0.2) is 5.82 Å². The summed E-state index contributed by atoms with van der Waals surface area (Å²) in [5.41, 5.74) is 1.51. The van der Waals surface area contributed by atoms with Crippen molar-refractivity contribution in [2.45, 2.75) is 25.6 Å². The average molecular weight is 614 g/mol. The van der Waals surface area contributed by atoms with Gasteiger partial charge in [-0.05, 0) is 60.7 Å². The van der Waals surface area contributed by atoms with Crippen LogP contribution in [0.3, 0.4) is 0 Å². The fourth-order valence-corrected chi connectivity index (χ4v) is 5.18. The predicted octanol–water partition coefficient (Wildman–Crippen LogP) is 5.97. The Bertz CT molecular complexity index is 1740. The second kappa shape index (κ2) is 13.2. The smallest absolute Gasteiger partial charge is 0.416 e. The molecule has 12 heteroatoms. The second-order valence-corrected chi connectivity index (χ2v) is 10.8. The SMILES string of the molecule is O=C(NCC1CCN(c2ncnc(-c3cccc(-n4cccn4)c3)n2)CC1)c1cc(OCc2ccccc2)cc(C(F)(F)F)c1. The molecule has 6 rings (SSSR count). The topological polar surface area (TPSA) is 98.1 Å². The molecular weight excluding hydrogens is 583 g/mol. The predicted molar refractivity (Wildman–Crippen MR) is 162 cm³/mol. The van der Waals surface area contributed by atoms with E-state index >= 15 is 0 Å². The normalized spacial score (nSPS) is 13.9. The number of benzene rings is 3. The van der Waals surface area contributed by atoms with Gasteiger partial charge in [0.2, 0.25) is 5.95 Å². The lowest BCUT2D eigenvalue weighted by Gasteiger charge is -2.32. The average Bonchev–Trinajstić information content (AvgIpc) is 3.62. The van der Waals surface area contributed by atoms with Crippen LogP contribution in [0.15, 0.2) is 97.6 Å². The van der Waals surface area contributed by atoms with Gasteiger partial charge in [-0.1, -0.05) is 42.5 Å². The van der Waals surface area contributed by atoms with Gasteiger partial charge in [0.25, 0.3) is 5.91 Å². The first kappa shape index (κ1) is 29.8. The van der Waals surface area contributed by atoms with Gasteiger partial charge < -0.3 is 15.0 Å². The number of nitrogens with one attached hydrogen (secondary N) is 1. The molecule has 3 heterocycles. The van der Waals surface area contributed by atoms with Gasteiger partial charge in [-0.15, -0.1) is 0 Å². The minimum Gasteiger partial charge on any atom is -0.489 e. The third kappa shape index (κ3) is 7.46. The number of anilines is 1. The molecule has 2 aromatic heterocycles. The van der Waals surface area contributed by atoms with Crippen LogP contribution in [-0.2, 0) is 12.8 Å². The number of hydrogen-bond acceptors (Lipinski definition) is 7. The molecule has 1 fully saturated rings. The summed E-state index contributed by atoms with van der Waals surface area (Å²) in [5.74, 6) is 0.678. The van der Waals surface area contributed by atoms with Crippen molar-refractivity contribution in [3.8, 4) is 22.8 Å². The zero-order chi connectivity index (χ0) is 31.2. The van der Waals surface area contributed by atoms with Crippen molar-refractivity contribution in [1.29, 1.82) is 0 Å². The second-order valence-electron chi connectivity index (χ2n) is 10.8. The maximum Gasteiger partial charge on any atom is 0.416 e. The van der Waals surface area contributed by atoms with E-state index in [1.807, 2.05) is 66.9 Å². The summed E-state index contributed by atoms with van der Waals surface area (Å²) >= 11 is 0. The number of carbonyl (C=O) groups is 1. The molecule has 1 amide bonds. The van der Waals surface area contributed by atoms with Crippen LogP contribution in [0.2, 0.25) is 0 Å². The van der Waals surface area contributed by atoms with E-state index in [0.29, 0.717) is 31.4 Å². The minimum absolute atomic E-state index is 0.0167. The van der Waals surface area contributed by atoms with Crippen LogP contribution in [-0.4, -0.2) is 50.3 Å². The molecule has 0 spiro atoms. The first-order valence-electron chi connectivity index (χ1n) is 14.5. The minimum atomic E-state index is -4.62. The molecule has 1 aliphatic rings. The maximum absolute atomic E-state index is 13.6. The van der Waals surface area contributed by atoms with Crippen LogP contribution < -0.4 is 15.0 Å². The molecule has 0 aliphatic carbocycles. The fraction of sp³-hybridized carbons (Fsp3) is 0.242. The van der Waals surface area contributed by atoms with Crippen molar-refractivity contribution < 1.29 is 22.7 Å². The lowest BCUT2D eigenvalue weighted by molar-refractivity contribution is -0.137. The van der Waals surface area contributed by atoms with Crippen molar-refractivity contribution in [2.24, 2.45) is 5.92 Å². The van der Waals surface area contributed by atoms with Crippen LogP contribution in [0, 0.1) is 5.92 Å². The van der Waals surface area contributed by atoms with Crippen LogP contribution in [0.1, 0.15) is 34.3 Å². The molecule has 45 heavy (non-hydrogen) atoms. The van der Waals surface area contributed by atoms with Crippen LogP contribution in [0.25, 0.3) is 17.1 Å². The van der Waals surface area contributed by atoms with Gasteiger partial charge in [0.05, 0.1) is 11.3 Å². The highest BCUT2D eigenvalue weighted by atomic mass is 19.4. The Balaban J connectivity index is 1.06. The van der Waals surface area contributed by atoms with Gasteiger partial charge in [-0.25, -0.2) is 14.6 Å². The van der Waals surface area contributed by atoms with Crippen molar-refractivity contribution in [1.82, 2.24) is 30.0 Å². The fourth-order valence-electron chi connectivity index (χ4n) is 5.18. The number of alkyl halides is 3. The van der Waals surface area contributed by atoms with E-state index in [9.17, 15) is 18.0 Å². The number of ether oxygens (including phenoxy) is 1. The van der Waals surface area contributed by atoms with Crippen LogP contribution in [0.5, 0.6) is 5.75 Å². The number of aromatic nitrogens is 5. The first-order chi connectivity index (χ1) is 21.8. The Morgan fingerprint density at radius 1 is 0.956 bits per heavy atom. The van der Waals surface area contributed by atoms with E-state index in [2.05, 4.69) is 25.3 Å². The quantitative estimate of drug-likeness (QED) is 0.219. The van der Waals surface area contributed by atoms with Gasteiger partial charge in [0.1, 0.15) is 18.7 Å². The highest BCUT2D eigenvalue weighted by molar-refractivity contribution is 5.94. The van der Waals surface area contributed by atoms with Crippen molar-refractivity contribution >= 4 is 11.9 Å². The van der Waals surface area contributed by atoms with Gasteiger partial charge in [-0.2, -0.15) is 23.3 Å². The molecule has 0 radical (unpaired) electrons. The largest absolute Gasteiger partial charge is 0.489 e. The molecule has 5 aromatic rings. The Hall–Kier alpha value is -5.26. The Morgan fingerprint density at radius 2 is 1.78 bits per heavy atom. The number of amides is 1. The number of piperidine rings is 1. The standard InChI is InChI=1S/C33H30F3N7O2/c34-33(35,36)27-16-26(18-29(19-27)45-21-24-6-2-1-3-7-24)31(44)37-20-23-10-14-42(15-11-23)32-39-22-38-30(41-32)25-8-4-9-28(17-25)43-13-5-12-40-43/h1-9,12-13,16-19,22-23H,10-11,14-15,20-21H2,(H,37,44). The van der Waals surface area contributed by atoms with Crippen molar-refractivity contribution in [3.05, 3.63) is 114 Å². The summed E-state index contributed by atoms with van der Waals surface area (Å²) in [6.07, 6.45) is 1.97. The summed E-state index contributed by atoms with van der Waals surface area (Å²) in [7, 11) is 0. The number of carbonyl (C=O) groups excluding carboxylic acids is 1. The number of hydrogen-bond donors (Lipinski definition) is 1. The zero-order valence-electron chi connectivity index (χ0n) is 24.2. The van der Waals surface area contributed by atoms with Crippen LogP contribution >= 0.6 is 0 Å². The van der Waals surface area contributed by atoms with Gasteiger partial charge in [-0.3, -0.25) is 4.79 Å². The van der Waals surface area contributed by atoms with Crippen LogP contribution in [0.4, 0.5) is 19.1 Å². The van der Waals surface area contributed by atoms with Crippen molar-refractivity contribution in [3.63, 3.8) is 0 Å². The first-order valence-corrected chi connectivity index (χ1v) is 14.5. The third-order valence-electron chi connectivity index (χ3n) is 7.63. The molecule has 0 bridgehead atoms. The highest BCUT2D eigenvalue weighted by Gasteiger charge is 2.32. The van der Waals surface area contributed by atoms with Gasteiger partial charge >= 0.3 is 6.18 Å². The number of nitrogens with zero attached hydrogens (tertiary/aromatic N) is 6. The summed E-state index contributed by atoms with van der Waals surface area (Å²) in [4.78, 5) is 28.5. The lowest BCUT2D eigenvalue weighted by Crippen LogP contribution is -2.39. The number of halogens is 3. The maximum atomic E-state index is 13.6. The molecule has 0 unspecified atom stereocenters. The van der Waals surface area contributed by atoms with E-state index in [1.165, 1.54) is 12.4 Å². The molecule has 1 aliphatic heterocycles. The zero-order valence-corrected chi connectivity index (χ0v) is 24.2. The molecule has 9 nitrogen and oxygen atoms in total. The Labute approximate surface area is 257 Å². The summed E-state index contributed by atoms with van der Waals surface area (Å²) in [6.45, 7) is 1.75. The Morgan fingerprint density at radius 3 is 2.53 bits per heavy atom. The summed E-state index contributed by atoms with van der Waals surface area (Å²) in [6, 6.07) is 21.9. The Kier molecular flexibility index (Phi) is 8.72. The molecule has 1 saturated heterocycles. The van der Waals surface area contributed by atoms with E-state index in [4.69, 9.17) is 9.72 Å². The molecule has 0 saturated carbocycles. The molecule has 230 valence electrons. The third-order valence-corrected chi connectivity index (χ3v) is 7.63. The van der Waals surface area contributed by atoms with E-state index in [-0.39, 0.29) is 23.8 Å². The van der Waals surface area contributed by atoms with Gasteiger partial charge in [0, 0.05) is 43.2 Å². The highest BCUT2D eigenvalue weighted by Crippen LogP contribution is 2.33. The summed E-state index contributed by atoms with van der Waals surface area (Å²) in [5, 5.41) is 7.10. The number of rotatable bonds is 9.